The van der Waals surface area contributed by atoms with Crippen LogP contribution in [0.3, 0.4) is 0 Å². The smallest absolute Gasteiger partial charge is 0.255 e. The summed E-state index contributed by atoms with van der Waals surface area (Å²) in [6, 6.07) is 4.05. The zero-order valence-corrected chi connectivity index (χ0v) is 13.8. The van der Waals surface area contributed by atoms with Crippen LogP contribution >= 0.6 is 0 Å². The minimum atomic E-state index is 0.0563. The summed E-state index contributed by atoms with van der Waals surface area (Å²) in [4.78, 5) is 21.5. The molecular formula is C18H27N3O2. The number of piperidine rings is 2. The highest BCUT2D eigenvalue weighted by Gasteiger charge is 2.27. The van der Waals surface area contributed by atoms with Crippen molar-refractivity contribution in [1.29, 1.82) is 0 Å². The lowest BCUT2D eigenvalue weighted by Crippen LogP contribution is -2.44. The van der Waals surface area contributed by atoms with E-state index in [0.29, 0.717) is 12.0 Å². The third kappa shape index (κ3) is 3.83. The molecule has 1 amide bonds. The van der Waals surface area contributed by atoms with Gasteiger partial charge < -0.3 is 14.9 Å². The molecule has 0 radical (unpaired) electrons. The first-order valence-electron chi connectivity index (χ1n) is 8.92. The molecule has 0 aromatic carbocycles. The first kappa shape index (κ1) is 16.2. The van der Waals surface area contributed by atoms with Gasteiger partial charge in [0.15, 0.2) is 0 Å². The second kappa shape index (κ2) is 7.77. The molecule has 5 nitrogen and oxygen atoms in total. The standard InChI is InChI=1S/C18H27N3O2/c22-13-9-16-6-2-5-12-21(16)18(23)15-7-8-17(19-14-15)20-10-3-1-4-11-20/h7-8,14,16,22H,1-6,9-13H2. The molecule has 126 valence electrons. The molecule has 5 heteroatoms. The van der Waals surface area contributed by atoms with Crippen molar-refractivity contribution >= 4 is 11.7 Å². The number of aliphatic hydroxyl groups is 1. The zero-order chi connectivity index (χ0) is 16.1. The molecule has 2 fully saturated rings. The van der Waals surface area contributed by atoms with Crippen LogP contribution in [-0.4, -0.2) is 53.2 Å². The topological polar surface area (TPSA) is 56.7 Å². The summed E-state index contributed by atoms with van der Waals surface area (Å²) in [5.41, 5.74) is 0.663. The van der Waals surface area contributed by atoms with Crippen molar-refractivity contribution in [2.75, 3.05) is 31.1 Å². The number of carbonyl (C=O) groups excluding carboxylic acids is 1. The van der Waals surface area contributed by atoms with E-state index in [2.05, 4.69) is 9.88 Å². The molecule has 2 aliphatic heterocycles. The van der Waals surface area contributed by atoms with E-state index in [4.69, 9.17) is 0 Å². The Hall–Kier alpha value is -1.62. The fourth-order valence-corrected chi connectivity index (χ4v) is 3.71. The predicted molar refractivity (Wildman–Crippen MR) is 90.7 cm³/mol. The van der Waals surface area contributed by atoms with Crippen molar-refractivity contribution in [3.8, 4) is 0 Å². The highest BCUT2D eigenvalue weighted by molar-refractivity contribution is 5.94. The second-order valence-electron chi connectivity index (χ2n) is 6.61. The molecule has 1 aromatic rings. The molecule has 2 saturated heterocycles. The van der Waals surface area contributed by atoms with Crippen LogP contribution in [0.15, 0.2) is 18.3 Å². The Balaban J connectivity index is 1.69. The van der Waals surface area contributed by atoms with Crippen LogP contribution in [0.2, 0.25) is 0 Å². The molecule has 0 saturated carbocycles. The van der Waals surface area contributed by atoms with E-state index in [0.717, 1.165) is 44.7 Å². The van der Waals surface area contributed by atoms with Crippen molar-refractivity contribution in [3.05, 3.63) is 23.9 Å². The number of hydrogen-bond acceptors (Lipinski definition) is 4. The molecule has 0 aliphatic carbocycles. The van der Waals surface area contributed by atoms with Crippen molar-refractivity contribution in [1.82, 2.24) is 9.88 Å². The minimum Gasteiger partial charge on any atom is -0.396 e. The maximum Gasteiger partial charge on any atom is 0.255 e. The van der Waals surface area contributed by atoms with E-state index in [1.54, 1.807) is 6.20 Å². The normalized spacial score (nSPS) is 22.2. The van der Waals surface area contributed by atoms with Crippen molar-refractivity contribution in [3.63, 3.8) is 0 Å². The summed E-state index contributed by atoms with van der Waals surface area (Å²) in [6.45, 7) is 3.05. The summed E-state index contributed by atoms with van der Waals surface area (Å²) in [6.07, 6.45) is 9.31. The molecule has 1 atom stereocenters. The first-order valence-corrected chi connectivity index (χ1v) is 8.92. The average Bonchev–Trinajstić information content (AvgIpc) is 2.63. The number of aromatic nitrogens is 1. The van der Waals surface area contributed by atoms with Crippen molar-refractivity contribution < 1.29 is 9.90 Å². The number of aliphatic hydroxyl groups excluding tert-OH is 1. The van der Waals surface area contributed by atoms with E-state index in [-0.39, 0.29) is 18.6 Å². The lowest BCUT2D eigenvalue weighted by Gasteiger charge is -2.35. The zero-order valence-electron chi connectivity index (χ0n) is 13.8. The molecule has 3 rings (SSSR count). The maximum atomic E-state index is 12.8. The number of pyridine rings is 1. The Labute approximate surface area is 138 Å². The number of hydrogen-bond donors (Lipinski definition) is 1. The van der Waals surface area contributed by atoms with Crippen LogP contribution in [0.5, 0.6) is 0 Å². The Morgan fingerprint density at radius 2 is 1.91 bits per heavy atom. The number of amides is 1. The van der Waals surface area contributed by atoms with Gasteiger partial charge in [-0.2, -0.15) is 0 Å². The van der Waals surface area contributed by atoms with Crippen LogP contribution in [0.1, 0.15) is 55.3 Å². The quantitative estimate of drug-likeness (QED) is 0.927. The van der Waals surface area contributed by atoms with Crippen LogP contribution in [-0.2, 0) is 0 Å². The molecule has 2 aliphatic rings. The predicted octanol–water partition coefficient (Wildman–Crippen LogP) is 2.45. The Bertz CT molecular complexity index is 510. The first-order chi connectivity index (χ1) is 11.3. The Morgan fingerprint density at radius 3 is 2.61 bits per heavy atom. The van der Waals surface area contributed by atoms with Crippen LogP contribution in [0, 0.1) is 0 Å². The van der Waals surface area contributed by atoms with E-state index >= 15 is 0 Å². The van der Waals surface area contributed by atoms with Gasteiger partial charge in [-0.1, -0.05) is 0 Å². The van der Waals surface area contributed by atoms with E-state index in [9.17, 15) is 9.90 Å². The lowest BCUT2D eigenvalue weighted by atomic mass is 9.98. The van der Waals surface area contributed by atoms with Gasteiger partial charge in [0, 0.05) is 38.5 Å². The summed E-state index contributed by atoms with van der Waals surface area (Å²) in [7, 11) is 0. The van der Waals surface area contributed by atoms with Crippen LogP contribution < -0.4 is 4.90 Å². The summed E-state index contributed by atoms with van der Waals surface area (Å²) in [5, 5.41) is 9.21. The van der Waals surface area contributed by atoms with Gasteiger partial charge in [0.25, 0.3) is 5.91 Å². The molecule has 1 N–H and O–H groups in total. The summed E-state index contributed by atoms with van der Waals surface area (Å²) >= 11 is 0. The number of anilines is 1. The fraction of sp³-hybridized carbons (Fsp3) is 0.667. The summed E-state index contributed by atoms with van der Waals surface area (Å²) in [5.74, 6) is 1.03. The molecule has 23 heavy (non-hydrogen) atoms. The van der Waals surface area contributed by atoms with E-state index in [1.807, 2.05) is 17.0 Å². The van der Waals surface area contributed by atoms with Gasteiger partial charge in [-0.15, -0.1) is 0 Å². The highest BCUT2D eigenvalue weighted by Crippen LogP contribution is 2.23. The third-order valence-electron chi connectivity index (χ3n) is 5.03. The lowest BCUT2D eigenvalue weighted by molar-refractivity contribution is 0.0574. The van der Waals surface area contributed by atoms with Gasteiger partial charge in [0.1, 0.15) is 5.82 Å². The fourth-order valence-electron chi connectivity index (χ4n) is 3.71. The maximum absolute atomic E-state index is 12.8. The SMILES string of the molecule is O=C(c1ccc(N2CCCCC2)nc1)N1CCCCC1CCO. The largest absolute Gasteiger partial charge is 0.396 e. The third-order valence-corrected chi connectivity index (χ3v) is 5.03. The van der Waals surface area contributed by atoms with Gasteiger partial charge in [0.2, 0.25) is 0 Å². The van der Waals surface area contributed by atoms with Gasteiger partial charge in [-0.3, -0.25) is 4.79 Å². The highest BCUT2D eigenvalue weighted by atomic mass is 16.3. The molecule has 1 unspecified atom stereocenters. The summed E-state index contributed by atoms with van der Waals surface area (Å²) < 4.78 is 0. The number of carbonyl (C=O) groups is 1. The number of likely N-dealkylation sites (tertiary alicyclic amines) is 1. The molecular weight excluding hydrogens is 290 g/mol. The van der Waals surface area contributed by atoms with E-state index < -0.39 is 0 Å². The Morgan fingerprint density at radius 1 is 1.13 bits per heavy atom. The monoisotopic (exact) mass is 317 g/mol. The number of nitrogens with zero attached hydrogens (tertiary/aromatic N) is 3. The molecule has 0 bridgehead atoms. The molecule has 1 aromatic heterocycles. The van der Waals surface area contributed by atoms with Crippen molar-refractivity contribution in [2.24, 2.45) is 0 Å². The van der Waals surface area contributed by atoms with E-state index in [1.165, 1.54) is 19.3 Å². The molecule has 3 heterocycles. The second-order valence-corrected chi connectivity index (χ2v) is 6.61. The van der Waals surface area contributed by atoms with Crippen LogP contribution in [0.4, 0.5) is 5.82 Å². The molecule has 0 spiro atoms. The van der Waals surface area contributed by atoms with Crippen molar-refractivity contribution in [2.45, 2.75) is 51.0 Å². The van der Waals surface area contributed by atoms with Gasteiger partial charge in [-0.05, 0) is 57.1 Å². The van der Waals surface area contributed by atoms with Gasteiger partial charge >= 0.3 is 0 Å². The number of rotatable bonds is 4. The van der Waals surface area contributed by atoms with Gasteiger partial charge in [0.05, 0.1) is 5.56 Å². The Kier molecular flexibility index (Phi) is 5.49. The average molecular weight is 317 g/mol. The minimum absolute atomic E-state index is 0.0563. The van der Waals surface area contributed by atoms with Crippen LogP contribution in [0.25, 0.3) is 0 Å². The van der Waals surface area contributed by atoms with Gasteiger partial charge in [-0.25, -0.2) is 4.98 Å².